The van der Waals surface area contributed by atoms with E-state index in [1.54, 1.807) is 31.2 Å². The second-order valence-corrected chi connectivity index (χ2v) is 7.22. The first kappa shape index (κ1) is 21.9. The summed E-state index contributed by atoms with van der Waals surface area (Å²) < 4.78 is 6.47. The summed E-state index contributed by atoms with van der Waals surface area (Å²) in [4.78, 5) is 36.9. The molecule has 0 bridgehead atoms. The van der Waals surface area contributed by atoms with Crippen LogP contribution in [0.15, 0.2) is 41.2 Å². The predicted octanol–water partition coefficient (Wildman–Crippen LogP) is 3.22. The van der Waals surface area contributed by atoms with Gasteiger partial charge in [0.25, 0.3) is 17.4 Å². The van der Waals surface area contributed by atoms with Crippen LogP contribution >= 0.6 is 34.8 Å². The number of nitrogens with zero attached hydrogens (tertiary/aromatic N) is 2. The van der Waals surface area contributed by atoms with Gasteiger partial charge in [-0.3, -0.25) is 25.2 Å². The Morgan fingerprint density at radius 1 is 1.03 bits per heavy atom. The van der Waals surface area contributed by atoms with Crippen molar-refractivity contribution in [3.05, 3.63) is 67.5 Å². The number of carbonyl (C=O) groups is 2. The van der Waals surface area contributed by atoms with Crippen LogP contribution < -0.4 is 21.1 Å². The molecule has 1 heterocycles. The molecular formula is C19H15Cl3N4O4. The van der Waals surface area contributed by atoms with Gasteiger partial charge in [0.1, 0.15) is 5.75 Å². The zero-order valence-corrected chi connectivity index (χ0v) is 17.8. The van der Waals surface area contributed by atoms with E-state index in [4.69, 9.17) is 39.5 Å². The van der Waals surface area contributed by atoms with Crippen LogP contribution in [-0.2, 0) is 11.3 Å². The molecule has 3 rings (SSSR count). The number of aromatic nitrogens is 2. The van der Waals surface area contributed by atoms with Gasteiger partial charge in [0.2, 0.25) is 0 Å². The molecule has 0 saturated carbocycles. The summed E-state index contributed by atoms with van der Waals surface area (Å²) in [6.45, 7) is 1.58. The molecular weight excluding hydrogens is 455 g/mol. The zero-order chi connectivity index (χ0) is 21.8. The van der Waals surface area contributed by atoms with Gasteiger partial charge in [0.05, 0.1) is 20.5 Å². The Bertz CT molecular complexity index is 1200. The molecule has 30 heavy (non-hydrogen) atoms. The van der Waals surface area contributed by atoms with Crippen molar-refractivity contribution in [1.29, 1.82) is 0 Å². The van der Waals surface area contributed by atoms with Crippen molar-refractivity contribution in [3.63, 3.8) is 0 Å². The number of nitrogens with one attached hydrogen (secondary N) is 2. The van der Waals surface area contributed by atoms with E-state index < -0.39 is 18.4 Å². The number of hydrazine groups is 1. The van der Waals surface area contributed by atoms with E-state index in [2.05, 4.69) is 16.0 Å². The topological polar surface area (TPSA) is 102 Å². The Balaban J connectivity index is 1.69. The van der Waals surface area contributed by atoms with E-state index in [0.717, 1.165) is 0 Å². The normalized spacial score (nSPS) is 10.7. The molecule has 0 aliphatic heterocycles. The minimum Gasteiger partial charge on any atom is -0.482 e. The third-order valence-electron chi connectivity index (χ3n) is 4.03. The lowest BCUT2D eigenvalue weighted by atomic mass is 10.1. The Kier molecular flexibility index (Phi) is 6.81. The van der Waals surface area contributed by atoms with Gasteiger partial charge < -0.3 is 4.74 Å². The number of halogens is 3. The van der Waals surface area contributed by atoms with Crippen LogP contribution in [0.25, 0.3) is 10.8 Å². The fourth-order valence-corrected chi connectivity index (χ4v) is 3.19. The first-order valence-electron chi connectivity index (χ1n) is 8.68. The number of carbonyl (C=O) groups excluding carboxylic acids is 2. The molecule has 1 aromatic heterocycles. The molecule has 3 aromatic rings. The fourth-order valence-electron chi connectivity index (χ4n) is 2.60. The van der Waals surface area contributed by atoms with Gasteiger partial charge in [-0.1, -0.05) is 53.0 Å². The zero-order valence-electron chi connectivity index (χ0n) is 15.5. The van der Waals surface area contributed by atoms with Gasteiger partial charge in [0, 0.05) is 18.0 Å². The molecule has 0 aliphatic carbocycles. The van der Waals surface area contributed by atoms with E-state index in [0.29, 0.717) is 10.8 Å². The molecule has 11 heteroatoms. The van der Waals surface area contributed by atoms with Crippen molar-refractivity contribution in [2.24, 2.45) is 0 Å². The molecule has 8 nitrogen and oxygen atoms in total. The van der Waals surface area contributed by atoms with E-state index in [1.807, 2.05) is 0 Å². The lowest BCUT2D eigenvalue weighted by molar-refractivity contribution is -0.123. The molecule has 0 saturated heterocycles. The van der Waals surface area contributed by atoms with Crippen molar-refractivity contribution in [2.75, 3.05) is 6.61 Å². The van der Waals surface area contributed by atoms with Crippen LogP contribution in [0, 0.1) is 0 Å². The summed E-state index contributed by atoms with van der Waals surface area (Å²) in [5, 5.41) is 5.45. The number of rotatable bonds is 5. The second-order valence-electron chi connectivity index (χ2n) is 6.00. The molecule has 0 aliphatic rings. The summed E-state index contributed by atoms with van der Waals surface area (Å²) in [5.74, 6) is -1.18. The van der Waals surface area contributed by atoms with E-state index in [9.17, 15) is 14.4 Å². The number of ether oxygens (including phenoxy) is 1. The number of fused-ring (bicyclic) bond motifs is 1. The molecule has 0 unspecified atom stereocenters. The second kappa shape index (κ2) is 9.34. The largest absolute Gasteiger partial charge is 0.482 e. The maximum Gasteiger partial charge on any atom is 0.290 e. The van der Waals surface area contributed by atoms with Crippen molar-refractivity contribution in [1.82, 2.24) is 20.6 Å². The van der Waals surface area contributed by atoms with Gasteiger partial charge in [-0.25, -0.2) is 4.68 Å². The summed E-state index contributed by atoms with van der Waals surface area (Å²) in [6, 6.07) is 9.36. The molecule has 0 fully saturated rings. The molecule has 0 spiro atoms. The highest BCUT2D eigenvalue weighted by Crippen LogP contribution is 2.33. The van der Waals surface area contributed by atoms with Crippen molar-refractivity contribution >= 4 is 57.4 Å². The molecule has 2 amide bonds. The summed E-state index contributed by atoms with van der Waals surface area (Å²) >= 11 is 17.7. The van der Waals surface area contributed by atoms with Crippen LogP contribution in [-0.4, -0.2) is 28.2 Å². The molecule has 2 N–H and O–H groups in total. The van der Waals surface area contributed by atoms with Gasteiger partial charge in [-0.15, -0.1) is 0 Å². The van der Waals surface area contributed by atoms with E-state index in [-0.39, 0.29) is 38.6 Å². The average molecular weight is 470 g/mol. The lowest BCUT2D eigenvalue weighted by Crippen LogP contribution is -2.44. The minimum absolute atomic E-state index is 0.000737. The van der Waals surface area contributed by atoms with E-state index >= 15 is 0 Å². The van der Waals surface area contributed by atoms with Crippen LogP contribution in [0.2, 0.25) is 15.1 Å². The van der Waals surface area contributed by atoms with Gasteiger partial charge in [-0.2, -0.15) is 5.10 Å². The minimum atomic E-state index is -0.686. The summed E-state index contributed by atoms with van der Waals surface area (Å²) in [5.41, 5.74) is 4.17. The monoisotopic (exact) mass is 468 g/mol. The quantitative estimate of drug-likeness (QED) is 0.441. The molecule has 0 radical (unpaired) electrons. The maximum atomic E-state index is 12.6. The van der Waals surface area contributed by atoms with Crippen molar-refractivity contribution in [2.45, 2.75) is 13.5 Å². The maximum absolute atomic E-state index is 12.6. The van der Waals surface area contributed by atoms with Crippen LogP contribution in [0.5, 0.6) is 5.75 Å². The highest BCUT2D eigenvalue weighted by molar-refractivity contribution is 6.43. The number of amides is 2. The third kappa shape index (κ3) is 4.67. The Hall–Kier alpha value is -2.81. The average Bonchev–Trinajstić information content (AvgIpc) is 2.74. The van der Waals surface area contributed by atoms with Crippen molar-refractivity contribution < 1.29 is 14.3 Å². The van der Waals surface area contributed by atoms with Gasteiger partial charge in [-0.05, 0) is 19.1 Å². The predicted molar refractivity (Wildman–Crippen MR) is 114 cm³/mol. The molecule has 0 atom stereocenters. The first-order valence-corrected chi connectivity index (χ1v) is 9.81. The standard InChI is InChI=1S/C19H15Cl3N4O4/c1-2-26-19(29)11-6-4-3-5-10(11)17(25-26)18(28)24-23-16(27)9-30-15-8-13(21)12(20)7-14(15)22/h3-8H,2,9H2,1H3,(H,23,27)(H,24,28). The lowest BCUT2D eigenvalue weighted by Gasteiger charge is -2.12. The van der Waals surface area contributed by atoms with Crippen LogP contribution in [0.1, 0.15) is 17.4 Å². The first-order chi connectivity index (χ1) is 14.3. The van der Waals surface area contributed by atoms with Gasteiger partial charge >= 0.3 is 0 Å². The molecule has 156 valence electrons. The fraction of sp³-hybridized carbons (Fsp3) is 0.158. The highest BCUT2D eigenvalue weighted by Gasteiger charge is 2.17. The third-order valence-corrected chi connectivity index (χ3v) is 5.05. The Labute approximate surface area is 185 Å². The highest BCUT2D eigenvalue weighted by atomic mass is 35.5. The number of benzene rings is 2. The van der Waals surface area contributed by atoms with E-state index in [1.165, 1.54) is 16.8 Å². The SMILES string of the molecule is CCn1nc(C(=O)NNC(=O)COc2cc(Cl)c(Cl)cc2Cl)c2ccccc2c1=O. The number of hydrogen-bond donors (Lipinski definition) is 2. The van der Waals surface area contributed by atoms with Crippen LogP contribution in [0.4, 0.5) is 0 Å². The summed E-state index contributed by atoms with van der Waals surface area (Å²) in [7, 11) is 0. The number of aryl methyl sites for hydroxylation is 1. The summed E-state index contributed by atoms with van der Waals surface area (Å²) in [6.07, 6.45) is 0. The Morgan fingerprint density at radius 2 is 1.70 bits per heavy atom. The number of hydrogen-bond acceptors (Lipinski definition) is 5. The Morgan fingerprint density at radius 3 is 2.40 bits per heavy atom. The molecule has 2 aromatic carbocycles. The van der Waals surface area contributed by atoms with Crippen molar-refractivity contribution in [3.8, 4) is 5.75 Å². The van der Waals surface area contributed by atoms with Crippen LogP contribution in [0.3, 0.4) is 0 Å². The smallest absolute Gasteiger partial charge is 0.290 e. The van der Waals surface area contributed by atoms with Gasteiger partial charge in [0.15, 0.2) is 12.3 Å².